The molecule has 5 N–H and O–H groups in total. The van der Waals surface area contributed by atoms with E-state index in [2.05, 4.69) is 10.3 Å². The molecule has 126 valence electrons. The number of anilines is 1. The summed E-state index contributed by atoms with van der Waals surface area (Å²) >= 11 is 2.68. The highest BCUT2D eigenvalue weighted by molar-refractivity contribution is 8.01. The zero-order chi connectivity index (χ0) is 16.0. The molecule has 2 amide bonds. The second-order valence-corrected chi connectivity index (χ2v) is 7.04. The number of amides is 2. The summed E-state index contributed by atoms with van der Waals surface area (Å²) < 4.78 is 0.885. The number of nitrogens with two attached hydrogens (primary N) is 2. The van der Waals surface area contributed by atoms with Gasteiger partial charge in [-0.3, -0.25) is 9.59 Å². The lowest BCUT2D eigenvalue weighted by molar-refractivity contribution is -0.125. The van der Waals surface area contributed by atoms with Crippen molar-refractivity contribution in [2.75, 3.05) is 17.6 Å². The predicted molar refractivity (Wildman–Crippen MR) is 94.7 cm³/mol. The van der Waals surface area contributed by atoms with E-state index in [0.29, 0.717) is 24.5 Å². The highest BCUT2D eigenvalue weighted by Gasteiger charge is 2.33. The molecule has 22 heavy (non-hydrogen) atoms. The summed E-state index contributed by atoms with van der Waals surface area (Å²) in [5.41, 5.74) is 11.1. The maximum Gasteiger partial charge on any atom is 0.233 e. The van der Waals surface area contributed by atoms with Crippen molar-refractivity contribution in [1.82, 2.24) is 4.98 Å². The van der Waals surface area contributed by atoms with Gasteiger partial charge in [-0.25, -0.2) is 4.98 Å². The molecule has 0 atom stereocenters. The Bertz CT molecular complexity index is 510. The summed E-state index contributed by atoms with van der Waals surface area (Å²) in [5.74, 6) is -0.278. The average molecular weight is 367 g/mol. The number of halogens is 1. The van der Waals surface area contributed by atoms with Crippen LogP contribution < -0.4 is 16.8 Å². The maximum atomic E-state index is 12.4. The molecule has 0 saturated heterocycles. The van der Waals surface area contributed by atoms with Crippen molar-refractivity contribution >= 4 is 52.5 Å². The second kappa shape index (κ2) is 9.34. The van der Waals surface area contributed by atoms with Gasteiger partial charge in [-0.05, 0) is 19.8 Å². The van der Waals surface area contributed by atoms with Crippen LogP contribution in [0, 0.1) is 12.3 Å². The van der Waals surface area contributed by atoms with Gasteiger partial charge < -0.3 is 16.8 Å². The Morgan fingerprint density at radius 3 is 2.41 bits per heavy atom. The van der Waals surface area contributed by atoms with E-state index >= 15 is 0 Å². The third kappa shape index (κ3) is 5.12. The van der Waals surface area contributed by atoms with Gasteiger partial charge in [-0.2, -0.15) is 0 Å². The van der Waals surface area contributed by atoms with E-state index in [1.165, 1.54) is 23.1 Å². The number of hydrogen-bond donors (Lipinski definition) is 3. The molecule has 9 heteroatoms. The minimum absolute atomic E-state index is 0. The average Bonchev–Trinajstić information content (AvgIpc) is 2.79. The number of carbonyl (C=O) groups is 2. The first-order valence-corrected chi connectivity index (χ1v) is 8.58. The molecule has 1 aromatic rings. The van der Waals surface area contributed by atoms with E-state index in [0.717, 1.165) is 9.90 Å². The van der Waals surface area contributed by atoms with E-state index in [4.69, 9.17) is 11.5 Å². The molecular formula is C13H23ClN4O2S2. The summed E-state index contributed by atoms with van der Waals surface area (Å²) in [5, 5.41) is 3.38. The Labute approximate surface area is 145 Å². The maximum absolute atomic E-state index is 12.4. The quantitative estimate of drug-likeness (QED) is 0.610. The van der Waals surface area contributed by atoms with Crippen molar-refractivity contribution in [1.29, 1.82) is 0 Å². The van der Waals surface area contributed by atoms with Crippen LogP contribution in [0.3, 0.4) is 0 Å². The van der Waals surface area contributed by atoms with Crippen LogP contribution in [0.5, 0.6) is 0 Å². The van der Waals surface area contributed by atoms with Gasteiger partial charge in [0, 0.05) is 6.54 Å². The highest BCUT2D eigenvalue weighted by Crippen LogP contribution is 2.33. The highest BCUT2D eigenvalue weighted by atomic mass is 35.5. The number of thiazole rings is 1. The summed E-state index contributed by atoms with van der Waals surface area (Å²) in [6.45, 7) is 6.05. The monoisotopic (exact) mass is 366 g/mol. The number of nitrogens with zero attached hydrogens (tertiary/aromatic N) is 1. The Morgan fingerprint density at radius 2 is 1.95 bits per heavy atom. The van der Waals surface area contributed by atoms with Gasteiger partial charge in [0.15, 0.2) is 5.13 Å². The number of rotatable bonds is 8. The first-order valence-electron chi connectivity index (χ1n) is 6.78. The minimum Gasteiger partial charge on any atom is -0.369 e. The lowest BCUT2D eigenvalue weighted by atomic mass is 9.81. The van der Waals surface area contributed by atoms with Crippen LogP contribution in [0.4, 0.5) is 5.13 Å². The molecule has 0 fully saturated rings. The number of primary amides is 1. The first-order chi connectivity index (χ1) is 9.88. The van der Waals surface area contributed by atoms with Gasteiger partial charge in [0.25, 0.3) is 0 Å². The molecule has 1 aromatic heterocycles. The molecule has 1 heterocycles. The molecule has 0 saturated carbocycles. The van der Waals surface area contributed by atoms with E-state index in [1.54, 1.807) is 0 Å². The summed E-state index contributed by atoms with van der Waals surface area (Å²) in [7, 11) is 0. The SMILES string of the molecule is CCC(CC)(CN)C(=O)Nc1nc(C)c(SCC(N)=O)s1.Cl. The molecule has 0 aliphatic carbocycles. The smallest absolute Gasteiger partial charge is 0.233 e. The fraction of sp³-hybridized carbons (Fsp3) is 0.615. The summed E-state index contributed by atoms with van der Waals surface area (Å²) in [6, 6.07) is 0. The van der Waals surface area contributed by atoms with Crippen molar-refractivity contribution in [3.05, 3.63) is 5.69 Å². The van der Waals surface area contributed by atoms with Crippen LogP contribution >= 0.6 is 35.5 Å². The number of thioether (sulfide) groups is 1. The van der Waals surface area contributed by atoms with Crippen molar-refractivity contribution in [2.45, 2.75) is 37.8 Å². The molecule has 1 rings (SSSR count). The predicted octanol–water partition coefficient (Wildman–Crippen LogP) is 2.15. The van der Waals surface area contributed by atoms with Gasteiger partial charge >= 0.3 is 0 Å². The van der Waals surface area contributed by atoms with Crippen molar-refractivity contribution in [2.24, 2.45) is 16.9 Å². The molecule has 0 bridgehead atoms. The van der Waals surface area contributed by atoms with Gasteiger partial charge in [0.05, 0.1) is 21.1 Å². The van der Waals surface area contributed by atoms with Crippen molar-refractivity contribution < 1.29 is 9.59 Å². The zero-order valence-electron chi connectivity index (χ0n) is 13.0. The standard InChI is InChI=1S/C13H22N4O2S2.ClH/c1-4-13(5-2,7-14)11(19)17-12-16-8(3)10(21-12)20-6-9(15)18;/h4-7,14H2,1-3H3,(H2,15,18)(H,16,17,19);1H. The lowest BCUT2D eigenvalue weighted by Crippen LogP contribution is -2.41. The molecule has 0 unspecified atom stereocenters. The lowest BCUT2D eigenvalue weighted by Gasteiger charge is -2.27. The first kappa shape index (κ1) is 21.2. The number of carbonyl (C=O) groups excluding carboxylic acids is 2. The van der Waals surface area contributed by atoms with Crippen LogP contribution in [0.25, 0.3) is 0 Å². The van der Waals surface area contributed by atoms with E-state index in [1.807, 2.05) is 20.8 Å². The Balaban J connectivity index is 0.00000441. The van der Waals surface area contributed by atoms with Crippen LogP contribution in [-0.4, -0.2) is 29.1 Å². The van der Waals surface area contributed by atoms with Crippen molar-refractivity contribution in [3.8, 4) is 0 Å². The van der Waals surface area contributed by atoms with Gasteiger partial charge in [0.2, 0.25) is 11.8 Å². The second-order valence-electron chi connectivity index (χ2n) is 4.79. The fourth-order valence-corrected chi connectivity index (χ4v) is 3.76. The summed E-state index contributed by atoms with van der Waals surface area (Å²) in [4.78, 5) is 27.5. The third-order valence-corrected chi connectivity index (χ3v) is 6.00. The van der Waals surface area contributed by atoms with Crippen LogP contribution in [0.15, 0.2) is 4.21 Å². The van der Waals surface area contributed by atoms with E-state index in [9.17, 15) is 9.59 Å². The molecule has 0 radical (unpaired) electrons. The Morgan fingerprint density at radius 1 is 1.36 bits per heavy atom. The van der Waals surface area contributed by atoms with Crippen LogP contribution in [0.1, 0.15) is 32.4 Å². The fourth-order valence-electron chi connectivity index (χ4n) is 1.89. The molecule has 0 aromatic carbocycles. The van der Waals surface area contributed by atoms with Crippen LogP contribution in [-0.2, 0) is 9.59 Å². The topological polar surface area (TPSA) is 111 Å². The number of nitrogens with one attached hydrogen (secondary N) is 1. The molecule has 0 aliphatic heterocycles. The third-order valence-electron chi connectivity index (χ3n) is 3.55. The largest absolute Gasteiger partial charge is 0.369 e. The number of aryl methyl sites for hydroxylation is 1. The molecule has 0 spiro atoms. The van der Waals surface area contributed by atoms with Gasteiger partial charge in [0.1, 0.15) is 0 Å². The molecular weight excluding hydrogens is 344 g/mol. The zero-order valence-corrected chi connectivity index (χ0v) is 15.4. The normalized spacial score (nSPS) is 10.9. The Hall–Kier alpha value is -0.830. The summed E-state index contributed by atoms with van der Waals surface area (Å²) in [6.07, 6.45) is 1.36. The van der Waals surface area contributed by atoms with E-state index in [-0.39, 0.29) is 30.0 Å². The van der Waals surface area contributed by atoms with Crippen molar-refractivity contribution in [3.63, 3.8) is 0 Å². The van der Waals surface area contributed by atoms with E-state index < -0.39 is 5.41 Å². The van der Waals surface area contributed by atoms with Gasteiger partial charge in [-0.15, -0.1) is 24.2 Å². The molecule has 6 nitrogen and oxygen atoms in total. The van der Waals surface area contributed by atoms with Gasteiger partial charge in [-0.1, -0.05) is 25.2 Å². The van der Waals surface area contributed by atoms with Crippen LogP contribution in [0.2, 0.25) is 0 Å². The number of aromatic nitrogens is 1. The molecule has 0 aliphatic rings. The minimum atomic E-state index is -0.555. The Kier molecular flexibility index (Phi) is 8.99. The number of hydrogen-bond acceptors (Lipinski definition) is 6.